The number of halogens is 3. The summed E-state index contributed by atoms with van der Waals surface area (Å²) in [5.41, 5.74) is 1.24. The number of thiocarbonyl (C=S) groups is 1. The largest absolute Gasteiger partial charge is 0.471 e. The van der Waals surface area contributed by atoms with E-state index in [9.17, 15) is 22.8 Å². The number of aryl methyl sites for hydroxylation is 1. The number of anilines is 1. The van der Waals surface area contributed by atoms with Crippen LogP contribution in [0.2, 0.25) is 0 Å². The number of hydrogen-bond acceptors (Lipinski definition) is 6. The zero-order valence-electron chi connectivity index (χ0n) is 19.9. The highest BCUT2D eigenvalue weighted by molar-refractivity contribution is 8.32. The van der Waals surface area contributed by atoms with Crippen LogP contribution in [0.15, 0.2) is 57.7 Å². The highest BCUT2D eigenvalue weighted by atomic mass is 32.2. The van der Waals surface area contributed by atoms with Gasteiger partial charge in [0.05, 0.1) is 26.9 Å². The maximum Gasteiger partial charge on any atom is 0.471 e. The van der Waals surface area contributed by atoms with Crippen molar-refractivity contribution in [1.82, 2.24) is 0 Å². The molecule has 2 aromatic rings. The minimum atomic E-state index is -5.07. The molecule has 0 spiro atoms. The molecule has 2 aliphatic rings. The molecule has 0 fully saturated rings. The summed E-state index contributed by atoms with van der Waals surface area (Å²) in [4.78, 5) is 27.4. The van der Waals surface area contributed by atoms with Gasteiger partial charge in [0.15, 0.2) is 0 Å². The van der Waals surface area contributed by atoms with Crippen molar-refractivity contribution < 1.29 is 27.5 Å². The van der Waals surface area contributed by atoms with Crippen molar-refractivity contribution in [2.75, 3.05) is 11.5 Å². The number of hydrogen-bond donors (Lipinski definition) is 0. The van der Waals surface area contributed by atoms with Crippen LogP contribution in [0.5, 0.6) is 0 Å². The summed E-state index contributed by atoms with van der Waals surface area (Å²) in [7, 11) is 0. The normalized spacial score (nSPS) is 19.4. The molecule has 4 nitrogen and oxygen atoms in total. The van der Waals surface area contributed by atoms with Crippen LogP contribution in [-0.2, 0) is 14.3 Å². The molecule has 2 aliphatic heterocycles. The fraction of sp³-hybridized carbons (Fsp3) is 0.269. The van der Waals surface area contributed by atoms with Crippen molar-refractivity contribution in [1.29, 1.82) is 0 Å². The molecule has 2 heterocycles. The Kier molecular flexibility index (Phi) is 7.15. The van der Waals surface area contributed by atoms with Crippen LogP contribution in [0.25, 0.3) is 10.5 Å². The minimum Gasteiger partial charge on any atom is -0.462 e. The Morgan fingerprint density at radius 2 is 1.75 bits per heavy atom. The molecule has 36 heavy (non-hydrogen) atoms. The summed E-state index contributed by atoms with van der Waals surface area (Å²) in [6.07, 6.45) is -5.07. The van der Waals surface area contributed by atoms with Crippen molar-refractivity contribution in [2.24, 2.45) is 0 Å². The van der Waals surface area contributed by atoms with E-state index in [-0.39, 0.29) is 17.2 Å². The number of alkyl halides is 3. The van der Waals surface area contributed by atoms with Crippen molar-refractivity contribution in [3.05, 3.63) is 74.4 Å². The third-order valence-corrected chi connectivity index (χ3v) is 9.08. The SMILES string of the molecule is CCOC(=O)C1=C(c2ccccc2)S/C(=C2/C(=S)C(C)(C)N(C(=O)C(F)(F)F)c3ccc(C)cc32)S1. The van der Waals surface area contributed by atoms with Gasteiger partial charge in [-0.2, -0.15) is 13.2 Å². The third kappa shape index (κ3) is 4.62. The predicted molar refractivity (Wildman–Crippen MR) is 143 cm³/mol. The molecule has 0 saturated carbocycles. The molecule has 0 aromatic heterocycles. The number of benzene rings is 2. The average Bonchev–Trinajstić information content (AvgIpc) is 3.25. The fourth-order valence-corrected chi connectivity index (χ4v) is 7.21. The van der Waals surface area contributed by atoms with Crippen molar-refractivity contribution in [2.45, 2.75) is 39.4 Å². The Balaban J connectivity index is 1.93. The molecule has 0 radical (unpaired) electrons. The Hall–Kier alpha value is -2.56. The highest BCUT2D eigenvalue weighted by Crippen LogP contribution is 2.58. The van der Waals surface area contributed by atoms with Gasteiger partial charge in [-0.3, -0.25) is 9.69 Å². The lowest BCUT2D eigenvalue weighted by molar-refractivity contribution is -0.171. The van der Waals surface area contributed by atoms with Gasteiger partial charge in [0.2, 0.25) is 0 Å². The number of nitrogens with zero attached hydrogens (tertiary/aromatic N) is 1. The number of esters is 1. The van der Waals surface area contributed by atoms with E-state index in [0.29, 0.717) is 25.2 Å². The molecule has 1 amide bonds. The lowest BCUT2D eigenvalue weighted by Gasteiger charge is -2.45. The Morgan fingerprint density at radius 1 is 1.08 bits per heavy atom. The molecule has 4 rings (SSSR count). The maximum absolute atomic E-state index is 13.6. The summed E-state index contributed by atoms with van der Waals surface area (Å²) in [6.45, 7) is 6.74. The van der Waals surface area contributed by atoms with Gasteiger partial charge < -0.3 is 4.74 Å². The van der Waals surface area contributed by atoms with E-state index < -0.39 is 23.6 Å². The van der Waals surface area contributed by atoms with Crippen LogP contribution in [0, 0.1) is 6.92 Å². The highest BCUT2D eigenvalue weighted by Gasteiger charge is 2.53. The van der Waals surface area contributed by atoms with Crippen LogP contribution in [0.1, 0.15) is 37.5 Å². The molecule has 0 saturated heterocycles. The van der Waals surface area contributed by atoms with Crippen LogP contribution in [0.3, 0.4) is 0 Å². The number of fused-ring (bicyclic) bond motifs is 1. The summed E-state index contributed by atoms with van der Waals surface area (Å²) in [5, 5.41) is 0. The van der Waals surface area contributed by atoms with Gasteiger partial charge in [0.25, 0.3) is 0 Å². The second kappa shape index (κ2) is 9.72. The first-order valence-electron chi connectivity index (χ1n) is 11.0. The van der Waals surface area contributed by atoms with E-state index in [1.807, 2.05) is 37.3 Å². The number of carbonyl (C=O) groups is 2. The van der Waals surface area contributed by atoms with E-state index in [4.69, 9.17) is 17.0 Å². The Morgan fingerprint density at radius 3 is 2.36 bits per heavy atom. The molecule has 0 N–H and O–H groups in total. The number of thioether (sulfide) groups is 2. The zero-order chi connectivity index (χ0) is 26.4. The van der Waals surface area contributed by atoms with E-state index in [1.54, 1.807) is 19.1 Å². The second-order valence-electron chi connectivity index (χ2n) is 8.66. The lowest BCUT2D eigenvalue weighted by Crippen LogP contribution is -2.59. The summed E-state index contributed by atoms with van der Waals surface area (Å²) < 4.78 is 46.8. The quantitative estimate of drug-likeness (QED) is 0.231. The monoisotopic (exact) mass is 549 g/mol. The number of rotatable bonds is 3. The topological polar surface area (TPSA) is 46.6 Å². The van der Waals surface area contributed by atoms with E-state index >= 15 is 0 Å². The van der Waals surface area contributed by atoms with Gasteiger partial charge in [0.1, 0.15) is 4.91 Å². The van der Waals surface area contributed by atoms with Crippen LogP contribution >= 0.6 is 35.7 Å². The first-order chi connectivity index (χ1) is 16.9. The molecular weight excluding hydrogens is 527 g/mol. The maximum atomic E-state index is 13.6. The van der Waals surface area contributed by atoms with Crippen molar-refractivity contribution in [3.8, 4) is 0 Å². The number of ether oxygens (including phenoxy) is 1. The zero-order valence-corrected chi connectivity index (χ0v) is 22.3. The first-order valence-corrected chi connectivity index (χ1v) is 13.1. The smallest absolute Gasteiger partial charge is 0.462 e. The second-order valence-corrected chi connectivity index (χ2v) is 11.4. The molecule has 2 aromatic carbocycles. The van der Waals surface area contributed by atoms with E-state index in [2.05, 4.69) is 0 Å². The van der Waals surface area contributed by atoms with Crippen molar-refractivity contribution >= 4 is 68.6 Å². The van der Waals surface area contributed by atoms with Crippen LogP contribution in [0.4, 0.5) is 18.9 Å². The standard InChI is InChI=1S/C26H22F3NO3S3/c1-5-33-22(31)20-19(15-9-7-6-8-10-15)35-23(36-20)18-16-13-14(2)11-12-17(16)30(24(32)26(27,28)29)25(3,4)21(18)34/h6-13H,5H2,1-4H3/b23-18-. The Labute approximate surface area is 221 Å². The summed E-state index contributed by atoms with van der Waals surface area (Å²) >= 11 is 8.29. The van der Waals surface area contributed by atoms with E-state index in [1.165, 1.54) is 43.4 Å². The molecule has 188 valence electrons. The predicted octanol–water partition coefficient (Wildman–Crippen LogP) is 7.13. The fourth-order valence-electron chi connectivity index (χ4n) is 4.08. The number of amides is 1. The lowest BCUT2D eigenvalue weighted by atomic mass is 9.82. The van der Waals surface area contributed by atoms with Gasteiger partial charge in [0, 0.05) is 16.0 Å². The van der Waals surface area contributed by atoms with Gasteiger partial charge >= 0.3 is 18.1 Å². The molecule has 0 unspecified atom stereocenters. The summed E-state index contributed by atoms with van der Waals surface area (Å²) in [6, 6.07) is 14.2. The van der Waals surface area contributed by atoms with Gasteiger partial charge in [-0.25, -0.2) is 4.79 Å². The molecular formula is C26H22F3NO3S3. The van der Waals surface area contributed by atoms with Crippen LogP contribution < -0.4 is 4.90 Å². The van der Waals surface area contributed by atoms with E-state index in [0.717, 1.165) is 16.0 Å². The summed E-state index contributed by atoms with van der Waals surface area (Å²) in [5.74, 6) is -2.46. The van der Waals surface area contributed by atoms with Gasteiger partial charge in [-0.05, 0) is 45.4 Å². The van der Waals surface area contributed by atoms with Crippen molar-refractivity contribution in [3.63, 3.8) is 0 Å². The third-order valence-electron chi connectivity index (χ3n) is 5.75. The van der Waals surface area contributed by atoms with Gasteiger partial charge in [-0.15, -0.1) is 0 Å². The molecule has 10 heteroatoms. The van der Waals surface area contributed by atoms with Crippen LogP contribution in [-0.4, -0.2) is 35.1 Å². The molecule has 0 aliphatic carbocycles. The first kappa shape index (κ1) is 26.5. The Bertz CT molecular complexity index is 1330. The number of carbonyl (C=O) groups excluding carboxylic acids is 2. The molecule has 0 bridgehead atoms. The molecule has 0 atom stereocenters. The average molecular weight is 550 g/mol. The van der Waals surface area contributed by atoms with Gasteiger partial charge in [-0.1, -0.05) is 77.7 Å². The minimum absolute atomic E-state index is 0.121.